The van der Waals surface area contributed by atoms with E-state index in [4.69, 9.17) is 37.7 Å². The molecule has 0 bridgehead atoms. The number of hydrogen-bond donors (Lipinski definition) is 1. The van der Waals surface area contributed by atoms with Gasteiger partial charge in [-0.05, 0) is 41.6 Å². The number of nitrogens with zero attached hydrogens (tertiary/aromatic N) is 5. The first-order valence-corrected chi connectivity index (χ1v) is 16.5. The molecule has 2 fully saturated rings. The summed E-state index contributed by atoms with van der Waals surface area (Å²) in [7, 11) is 4.71. The number of fused-ring (bicyclic) bond motifs is 2. The van der Waals surface area contributed by atoms with Crippen LogP contribution < -0.4 is 21.3 Å². The van der Waals surface area contributed by atoms with E-state index in [-0.39, 0.29) is 52.5 Å². The number of ether oxygens (including phenoxy) is 2. The van der Waals surface area contributed by atoms with Gasteiger partial charge in [0.2, 0.25) is 11.8 Å². The van der Waals surface area contributed by atoms with Crippen LogP contribution in [0.25, 0.3) is 33.3 Å². The van der Waals surface area contributed by atoms with Gasteiger partial charge in [-0.25, -0.2) is 9.78 Å². The minimum absolute atomic E-state index is 0. The van der Waals surface area contributed by atoms with Gasteiger partial charge in [-0.1, -0.05) is 46.6 Å². The third-order valence-corrected chi connectivity index (χ3v) is 10.1. The topological polar surface area (TPSA) is 121 Å². The van der Waals surface area contributed by atoms with Gasteiger partial charge in [-0.15, -0.1) is 23.2 Å². The SMILES string of the molecule is COc1nc(-c2cccc(-c3ccc[c-]c3Cl)c2Cl)cc2c1C(N1CC3(CNC(=O)CO3)C1)CC2.Cn1c(=O)c2[c-]nccc2n(C)c1=O.[Mn+2]. The normalized spacial score (nSPS) is 17.6. The summed E-state index contributed by atoms with van der Waals surface area (Å²) in [6.07, 6.45) is 6.01. The second-order valence-electron chi connectivity index (χ2n) is 12.4. The molecule has 1 unspecified atom stereocenters. The Morgan fingerprint density at radius 1 is 1.04 bits per heavy atom. The molecule has 1 N–H and O–H groups in total. The van der Waals surface area contributed by atoms with Crippen molar-refractivity contribution in [2.75, 3.05) is 33.4 Å². The zero-order chi connectivity index (χ0) is 34.4. The van der Waals surface area contributed by atoms with Crippen molar-refractivity contribution in [3.05, 3.63) is 109 Å². The molecule has 1 atom stereocenters. The van der Waals surface area contributed by atoms with Crippen LogP contribution >= 0.6 is 23.2 Å². The molecule has 2 aliphatic heterocycles. The van der Waals surface area contributed by atoms with E-state index in [0.717, 1.165) is 58.4 Å². The van der Waals surface area contributed by atoms with Gasteiger partial charge < -0.3 is 33.7 Å². The quantitative estimate of drug-likeness (QED) is 0.215. The second-order valence-corrected chi connectivity index (χ2v) is 13.1. The zero-order valence-electron chi connectivity index (χ0n) is 27.4. The van der Waals surface area contributed by atoms with Crippen LogP contribution in [-0.2, 0) is 47.1 Å². The van der Waals surface area contributed by atoms with Crippen LogP contribution in [0.2, 0.25) is 10.0 Å². The number of hydrogen-bond acceptors (Lipinski definition) is 8. The van der Waals surface area contributed by atoms with E-state index < -0.39 is 0 Å². The number of rotatable bonds is 4. The molecule has 257 valence electrons. The smallest absolute Gasteiger partial charge is 0.481 e. The summed E-state index contributed by atoms with van der Waals surface area (Å²) in [4.78, 5) is 45.6. The molecule has 2 aromatic carbocycles. The van der Waals surface area contributed by atoms with Crippen LogP contribution in [0.15, 0.2) is 64.3 Å². The number of amides is 1. The number of halogens is 2. The second kappa shape index (κ2) is 14.3. The molecular formula is C36H32Cl2MnN6O5. The summed E-state index contributed by atoms with van der Waals surface area (Å²) in [6, 6.07) is 18.5. The first kappa shape index (κ1) is 35.8. The predicted octanol–water partition coefficient (Wildman–Crippen LogP) is 4.15. The Bertz CT molecular complexity index is 2220. The van der Waals surface area contributed by atoms with Crippen molar-refractivity contribution in [3.63, 3.8) is 0 Å². The van der Waals surface area contributed by atoms with Crippen molar-refractivity contribution in [3.8, 4) is 28.3 Å². The average molecular weight is 755 g/mol. The van der Waals surface area contributed by atoms with Crippen LogP contribution in [-0.4, -0.2) is 68.9 Å². The van der Waals surface area contributed by atoms with Gasteiger partial charge in [-0.2, -0.15) is 24.3 Å². The van der Waals surface area contributed by atoms with Crippen molar-refractivity contribution in [1.82, 2.24) is 29.3 Å². The molecule has 11 nitrogen and oxygen atoms in total. The number of pyridine rings is 2. The average Bonchev–Trinajstić information content (AvgIpc) is 3.53. The summed E-state index contributed by atoms with van der Waals surface area (Å²) in [5.41, 5.74) is 5.22. The maximum Gasteiger partial charge on any atom is 2.00 e. The maximum absolute atomic E-state index is 11.6. The molecule has 3 aliphatic rings. The van der Waals surface area contributed by atoms with E-state index in [1.54, 1.807) is 26.3 Å². The van der Waals surface area contributed by atoms with E-state index >= 15 is 0 Å². The van der Waals surface area contributed by atoms with Crippen LogP contribution in [0, 0.1) is 12.3 Å². The molecule has 1 radical (unpaired) electrons. The van der Waals surface area contributed by atoms with Crippen molar-refractivity contribution >= 4 is 40.0 Å². The van der Waals surface area contributed by atoms with E-state index in [0.29, 0.717) is 33.4 Å². The molecule has 1 spiro atoms. The molecule has 8 rings (SSSR count). The molecule has 5 heterocycles. The number of aryl methyl sites for hydroxylation is 2. The molecule has 3 aromatic heterocycles. The number of aromatic nitrogens is 4. The maximum atomic E-state index is 11.6. The van der Waals surface area contributed by atoms with Gasteiger partial charge in [-0.3, -0.25) is 9.69 Å². The number of methoxy groups -OCH3 is 1. The summed E-state index contributed by atoms with van der Waals surface area (Å²) < 4.78 is 14.1. The van der Waals surface area contributed by atoms with Gasteiger partial charge in [0.1, 0.15) is 12.2 Å². The Morgan fingerprint density at radius 3 is 2.52 bits per heavy atom. The fraction of sp³-hybridized carbons (Fsp3) is 0.306. The van der Waals surface area contributed by atoms with Gasteiger partial charge in [0.15, 0.2) is 5.56 Å². The fourth-order valence-electron chi connectivity index (χ4n) is 6.87. The number of nitrogens with one attached hydrogen (secondary N) is 1. The molecule has 14 heteroatoms. The van der Waals surface area contributed by atoms with Gasteiger partial charge in [0, 0.05) is 55.9 Å². The molecule has 0 saturated carbocycles. The van der Waals surface area contributed by atoms with Crippen LogP contribution in [0.5, 0.6) is 5.88 Å². The molecule has 1 amide bonds. The van der Waals surface area contributed by atoms with Crippen molar-refractivity contribution in [2.45, 2.75) is 24.5 Å². The molecule has 2 saturated heterocycles. The van der Waals surface area contributed by atoms with Gasteiger partial charge in [0.25, 0.3) is 0 Å². The Balaban J connectivity index is 0.000000242. The molecule has 50 heavy (non-hydrogen) atoms. The Hall–Kier alpha value is -4.03. The van der Waals surface area contributed by atoms with Crippen molar-refractivity contribution < 1.29 is 31.3 Å². The molecular weight excluding hydrogens is 722 g/mol. The van der Waals surface area contributed by atoms with E-state index in [2.05, 4.69) is 33.5 Å². The van der Waals surface area contributed by atoms with E-state index in [1.165, 1.54) is 23.4 Å². The van der Waals surface area contributed by atoms with Gasteiger partial charge >= 0.3 is 22.8 Å². The summed E-state index contributed by atoms with van der Waals surface area (Å²) in [5.74, 6) is 0.584. The summed E-state index contributed by atoms with van der Waals surface area (Å²) >= 11 is 13.3. The number of carbonyl (C=O) groups is 1. The Morgan fingerprint density at radius 2 is 1.80 bits per heavy atom. The van der Waals surface area contributed by atoms with Crippen molar-refractivity contribution in [1.29, 1.82) is 0 Å². The molecule has 5 aromatic rings. The Kier molecular flexibility index (Phi) is 10.2. The fourth-order valence-corrected chi connectivity index (χ4v) is 7.42. The number of morpholine rings is 1. The van der Waals surface area contributed by atoms with E-state index in [1.807, 2.05) is 30.3 Å². The van der Waals surface area contributed by atoms with Crippen molar-refractivity contribution in [2.24, 2.45) is 14.1 Å². The number of carbonyl (C=O) groups excluding carboxylic acids is 1. The first-order chi connectivity index (χ1) is 23.6. The van der Waals surface area contributed by atoms with Crippen LogP contribution in [0.1, 0.15) is 23.6 Å². The summed E-state index contributed by atoms with van der Waals surface area (Å²) in [6.45, 7) is 2.26. The largest absolute Gasteiger partial charge is 2.00 e. The first-order valence-electron chi connectivity index (χ1n) is 15.7. The predicted molar refractivity (Wildman–Crippen MR) is 186 cm³/mol. The number of likely N-dealkylation sites (tertiary alicyclic amines) is 1. The zero-order valence-corrected chi connectivity index (χ0v) is 30.1. The standard InChI is InChI=1S/C27H24Cl2N3O3.C9H8N3O2.Mn/c1-34-26-24-16(9-10-22(24)32-14-27(15-32)13-30-23(33)12-35-27)11-21(31-26)19-7-4-6-18(25(19)29)17-5-2-3-8-20(17)28;1-11-7-3-4-10-5-6(7)8(13)12(2)9(11)14;/h2-7,11,22H,9-10,12-15H2,1H3,(H,30,33);3-4H,1-2H3;/q2*-1;+2. The van der Waals surface area contributed by atoms with Crippen LogP contribution in [0.3, 0.4) is 0 Å². The molecule has 1 aliphatic carbocycles. The minimum Gasteiger partial charge on any atom is -0.481 e. The van der Waals surface area contributed by atoms with Crippen LogP contribution in [0.4, 0.5) is 0 Å². The minimum atomic E-state index is -0.365. The number of benzene rings is 2. The third-order valence-electron chi connectivity index (χ3n) is 9.43. The van der Waals surface area contributed by atoms with E-state index in [9.17, 15) is 14.4 Å². The summed E-state index contributed by atoms with van der Waals surface area (Å²) in [5, 5.41) is 4.39. The monoisotopic (exact) mass is 753 g/mol. The Labute approximate surface area is 308 Å². The third kappa shape index (κ3) is 6.36. The van der Waals surface area contributed by atoms with Gasteiger partial charge in [0.05, 0.1) is 12.8 Å².